The Morgan fingerprint density at radius 3 is 2.67 bits per heavy atom. The van der Waals surface area contributed by atoms with Gasteiger partial charge in [0.25, 0.3) is 0 Å². The van der Waals surface area contributed by atoms with Crippen LogP contribution >= 0.6 is 22.7 Å². The highest BCUT2D eigenvalue weighted by atomic mass is 32.1. The average molecular weight is 440 g/mol. The van der Waals surface area contributed by atoms with Gasteiger partial charge < -0.3 is 5.32 Å². The van der Waals surface area contributed by atoms with Gasteiger partial charge in [0.2, 0.25) is 5.91 Å². The number of carbonyl (C=O) groups is 1. The lowest BCUT2D eigenvalue weighted by Crippen LogP contribution is -2.22. The zero-order valence-electron chi connectivity index (χ0n) is 17.9. The summed E-state index contributed by atoms with van der Waals surface area (Å²) >= 11 is 3.33. The maximum absolute atomic E-state index is 12.5. The molecule has 1 N–H and O–H groups in total. The number of carbonyl (C=O) groups excluding carboxylic acids is 1. The van der Waals surface area contributed by atoms with E-state index in [4.69, 9.17) is 4.98 Å². The van der Waals surface area contributed by atoms with Gasteiger partial charge in [-0.25, -0.2) is 9.97 Å². The van der Waals surface area contributed by atoms with E-state index >= 15 is 0 Å². The molecule has 8 heteroatoms. The zero-order valence-corrected chi connectivity index (χ0v) is 19.5. The van der Waals surface area contributed by atoms with E-state index in [1.54, 1.807) is 22.7 Å². The number of hydrogen-bond donors (Lipinski definition) is 1. The SMILES string of the molecule is Cc1nc(-c2ccc(CNC(=O)CCc3c(C)nc4c(c(C)nn4C)c3C)s2)cs1. The van der Waals surface area contributed by atoms with Gasteiger partial charge in [-0.3, -0.25) is 9.48 Å². The first-order valence-corrected chi connectivity index (χ1v) is 11.6. The maximum atomic E-state index is 12.5. The van der Waals surface area contributed by atoms with Crippen LogP contribution in [0.1, 0.15) is 38.8 Å². The van der Waals surface area contributed by atoms with E-state index < -0.39 is 0 Å². The van der Waals surface area contributed by atoms with Crippen molar-refractivity contribution >= 4 is 39.6 Å². The Hall–Kier alpha value is -2.58. The number of nitrogens with zero attached hydrogens (tertiary/aromatic N) is 4. The number of fused-ring (bicyclic) bond motifs is 1. The van der Waals surface area contributed by atoms with Gasteiger partial charge in [0, 0.05) is 34.8 Å². The summed E-state index contributed by atoms with van der Waals surface area (Å²) in [4.78, 5) is 24.0. The molecule has 0 aliphatic heterocycles. The summed E-state index contributed by atoms with van der Waals surface area (Å²) in [7, 11) is 1.92. The first kappa shape index (κ1) is 20.7. The van der Waals surface area contributed by atoms with Gasteiger partial charge in [0.1, 0.15) is 0 Å². The van der Waals surface area contributed by atoms with Crippen molar-refractivity contribution in [2.75, 3.05) is 0 Å². The Balaban J connectivity index is 1.39. The standard InChI is InChI=1S/C22H25N5OS2/c1-12-17(13(2)24-22-21(12)14(3)26-27(22)5)7-9-20(28)23-10-16-6-8-19(30-16)18-11-29-15(4)25-18/h6,8,11H,7,9-10H2,1-5H3,(H,23,28). The first-order valence-electron chi connectivity index (χ1n) is 9.90. The van der Waals surface area contributed by atoms with Gasteiger partial charge >= 0.3 is 0 Å². The number of thiophene rings is 1. The Kier molecular flexibility index (Phi) is 5.71. The quantitative estimate of drug-likeness (QED) is 0.475. The molecule has 0 bridgehead atoms. The molecule has 4 heterocycles. The van der Waals surface area contributed by atoms with Gasteiger partial charge in [-0.05, 0) is 57.4 Å². The Bertz CT molecular complexity index is 1230. The van der Waals surface area contributed by atoms with Gasteiger partial charge in [-0.1, -0.05) is 0 Å². The van der Waals surface area contributed by atoms with Crippen LogP contribution in [0.3, 0.4) is 0 Å². The lowest BCUT2D eigenvalue weighted by Gasteiger charge is -2.11. The van der Waals surface area contributed by atoms with Crippen LogP contribution in [0.25, 0.3) is 21.6 Å². The topological polar surface area (TPSA) is 72.7 Å². The largest absolute Gasteiger partial charge is 0.351 e. The van der Waals surface area contributed by atoms with Crippen LogP contribution in [0.2, 0.25) is 0 Å². The van der Waals surface area contributed by atoms with Crippen molar-refractivity contribution in [2.45, 2.75) is 47.1 Å². The van der Waals surface area contributed by atoms with Crippen LogP contribution in [-0.2, 0) is 24.8 Å². The summed E-state index contributed by atoms with van der Waals surface area (Å²) in [6.07, 6.45) is 1.12. The summed E-state index contributed by atoms with van der Waals surface area (Å²) < 4.78 is 1.82. The molecule has 30 heavy (non-hydrogen) atoms. The summed E-state index contributed by atoms with van der Waals surface area (Å²) in [6.45, 7) is 8.67. The van der Waals surface area contributed by atoms with Crippen molar-refractivity contribution in [3.05, 3.63) is 49.9 Å². The van der Waals surface area contributed by atoms with Crippen LogP contribution < -0.4 is 5.32 Å². The van der Waals surface area contributed by atoms with E-state index in [-0.39, 0.29) is 5.91 Å². The third-order valence-electron chi connectivity index (χ3n) is 5.32. The molecule has 156 valence electrons. The number of hydrogen-bond acceptors (Lipinski definition) is 6. The molecule has 0 unspecified atom stereocenters. The van der Waals surface area contributed by atoms with Gasteiger partial charge in [-0.2, -0.15) is 5.10 Å². The molecule has 4 aromatic heterocycles. The summed E-state index contributed by atoms with van der Waals surface area (Å²) in [5.74, 6) is 0.0521. The molecule has 0 aliphatic carbocycles. The molecule has 0 saturated carbocycles. The second-order valence-corrected chi connectivity index (χ2v) is 9.73. The molecule has 0 atom stereocenters. The van der Waals surface area contributed by atoms with Crippen LogP contribution in [-0.4, -0.2) is 25.7 Å². The van der Waals surface area contributed by atoms with Crippen molar-refractivity contribution in [1.82, 2.24) is 25.1 Å². The highest BCUT2D eigenvalue weighted by Gasteiger charge is 2.16. The molecule has 4 aromatic rings. The predicted octanol–water partition coefficient (Wildman–Crippen LogP) is 4.64. The second-order valence-electron chi connectivity index (χ2n) is 7.50. The molecule has 0 saturated heterocycles. The zero-order chi connectivity index (χ0) is 21.4. The number of aromatic nitrogens is 4. The smallest absolute Gasteiger partial charge is 0.220 e. The Labute approximate surface area is 184 Å². The molecule has 6 nitrogen and oxygen atoms in total. The molecule has 4 rings (SSSR count). The lowest BCUT2D eigenvalue weighted by molar-refractivity contribution is -0.121. The van der Waals surface area contributed by atoms with Crippen LogP contribution in [0, 0.1) is 27.7 Å². The normalized spacial score (nSPS) is 11.4. The molecular formula is C22H25N5OS2. The van der Waals surface area contributed by atoms with E-state index in [1.807, 2.05) is 32.5 Å². The predicted molar refractivity (Wildman–Crippen MR) is 123 cm³/mol. The van der Waals surface area contributed by atoms with Crippen LogP contribution in [0.5, 0.6) is 0 Å². The van der Waals surface area contributed by atoms with E-state index in [0.29, 0.717) is 19.4 Å². The number of rotatable bonds is 6. The average Bonchev–Trinajstić information content (AvgIpc) is 3.39. The Morgan fingerprint density at radius 1 is 1.13 bits per heavy atom. The minimum absolute atomic E-state index is 0.0521. The number of amides is 1. The number of nitrogens with one attached hydrogen (secondary N) is 1. The van der Waals surface area contributed by atoms with Gasteiger partial charge in [0.15, 0.2) is 5.65 Å². The van der Waals surface area contributed by atoms with Crippen molar-refractivity contribution in [2.24, 2.45) is 7.05 Å². The fourth-order valence-corrected chi connectivity index (χ4v) is 5.43. The van der Waals surface area contributed by atoms with Crippen molar-refractivity contribution in [1.29, 1.82) is 0 Å². The number of pyridine rings is 1. The second kappa shape index (κ2) is 8.28. The third-order valence-corrected chi connectivity index (χ3v) is 7.21. The molecule has 0 fully saturated rings. The van der Waals surface area contributed by atoms with Crippen molar-refractivity contribution in [3.8, 4) is 10.6 Å². The molecule has 0 radical (unpaired) electrons. The van der Waals surface area contributed by atoms with Crippen LogP contribution in [0.15, 0.2) is 17.5 Å². The monoisotopic (exact) mass is 439 g/mol. The van der Waals surface area contributed by atoms with E-state index in [1.165, 1.54) is 5.56 Å². The maximum Gasteiger partial charge on any atom is 0.220 e. The molecule has 0 aromatic carbocycles. The van der Waals surface area contributed by atoms with E-state index in [0.717, 1.165) is 48.4 Å². The molecule has 1 amide bonds. The highest BCUT2D eigenvalue weighted by Crippen LogP contribution is 2.29. The third kappa shape index (κ3) is 4.02. The fourth-order valence-electron chi connectivity index (χ4n) is 3.83. The Morgan fingerprint density at radius 2 is 1.93 bits per heavy atom. The van der Waals surface area contributed by atoms with E-state index in [9.17, 15) is 4.79 Å². The minimum Gasteiger partial charge on any atom is -0.351 e. The number of thiazole rings is 1. The van der Waals surface area contributed by atoms with Gasteiger partial charge in [-0.15, -0.1) is 22.7 Å². The molecule has 0 aliphatic rings. The van der Waals surface area contributed by atoms with E-state index in [2.05, 4.69) is 39.8 Å². The fraction of sp³-hybridized carbons (Fsp3) is 0.364. The first-order chi connectivity index (χ1) is 14.3. The van der Waals surface area contributed by atoms with Crippen molar-refractivity contribution in [3.63, 3.8) is 0 Å². The molecular weight excluding hydrogens is 414 g/mol. The molecule has 0 spiro atoms. The summed E-state index contributed by atoms with van der Waals surface area (Å²) in [6, 6.07) is 4.14. The summed E-state index contributed by atoms with van der Waals surface area (Å²) in [5.41, 5.74) is 6.19. The summed E-state index contributed by atoms with van der Waals surface area (Å²) in [5, 5.41) is 11.8. The lowest BCUT2D eigenvalue weighted by atomic mass is 9.99. The van der Waals surface area contributed by atoms with Gasteiger partial charge in [0.05, 0.1) is 27.8 Å². The highest BCUT2D eigenvalue weighted by molar-refractivity contribution is 7.16. The van der Waals surface area contributed by atoms with Crippen molar-refractivity contribution < 1.29 is 4.79 Å². The number of aryl methyl sites for hydroxylation is 5. The van der Waals surface area contributed by atoms with Crippen LogP contribution in [0.4, 0.5) is 0 Å². The minimum atomic E-state index is 0.0521.